The topological polar surface area (TPSA) is 129 Å². The van der Waals surface area contributed by atoms with E-state index < -0.39 is 39.4 Å². The van der Waals surface area contributed by atoms with Gasteiger partial charge in [0.1, 0.15) is 11.6 Å². The van der Waals surface area contributed by atoms with Gasteiger partial charge in [-0.2, -0.15) is 8.42 Å². The van der Waals surface area contributed by atoms with Crippen LogP contribution in [0.3, 0.4) is 0 Å². The highest BCUT2D eigenvalue weighted by atomic mass is 32.2. The Balaban J connectivity index is 1.77. The third-order valence-electron chi connectivity index (χ3n) is 4.05. The first kappa shape index (κ1) is 23.3. The first-order chi connectivity index (χ1) is 15.7. The highest BCUT2D eigenvalue weighted by Crippen LogP contribution is 2.11. The van der Waals surface area contributed by atoms with Crippen molar-refractivity contribution in [3.05, 3.63) is 102 Å². The van der Waals surface area contributed by atoms with Crippen molar-refractivity contribution in [1.29, 1.82) is 0 Å². The lowest BCUT2D eigenvalue weighted by atomic mass is 10.2. The first-order valence-electron chi connectivity index (χ1n) is 9.28. The number of nitrogens with one attached hydrogen (secondary N) is 4. The van der Waals surface area contributed by atoms with E-state index in [9.17, 15) is 26.8 Å². The molecular weight excluding hydrogens is 456 g/mol. The molecule has 9 nitrogen and oxygen atoms in total. The van der Waals surface area contributed by atoms with Crippen LogP contribution < -0.4 is 21.7 Å². The van der Waals surface area contributed by atoms with Crippen molar-refractivity contribution in [3.8, 4) is 0 Å². The SMILES string of the molecule is O=C(NNC(=NS(=O)(=O)c1ccccc1)NNC(=O)c1ccc(F)cc1)c1ccc(F)cc1. The van der Waals surface area contributed by atoms with E-state index in [1.807, 2.05) is 0 Å². The molecule has 33 heavy (non-hydrogen) atoms. The Hall–Kier alpha value is -4.32. The number of carbonyl (C=O) groups is 2. The Morgan fingerprint density at radius 2 is 1.06 bits per heavy atom. The van der Waals surface area contributed by atoms with Crippen molar-refractivity contribution in [3.63, 3.8) is 0 Å². The normalized spacial score (nSPS) is 10.6. The van der Waals surface area contributed by atoms with Gasteiger partial charge in [0.2, 0.25) is 5.96 Å². The second-order valence-corrected chi connectivity index (χ2v) is 8.00. The molecule has 12 heteroatoms. The molecule has 4 N–H and O–H groups in total. The summed E-state index contributed by atoms with van der Waals surface area (Å²) >= 11 is 0. The summed E-state index contributed by atoms with van der Waals surface area (Å²) in [5.41, 5.74) is 9.07. The number of guanidine groups is 1. The van der Waals surface area contributed by atoms with Gasteiger partial charge < -0.3 is 0 Å². The van der Waals surface area contributed by atoms with Crippen LogP contribution in [-0.4, -0.2) is 26.2 Å². The van der Waals surface area contributed by atoms with E-state index in [0.29, 0.717) is 0 Å². The summed E-state index contributed by atoms with van der Waals surface area (Å²) in [4.78, 5) is 24.3. The number of hydrazine groups is 2. The van der Waals surface area contributed by atoms with Gasteiger partial charge >= 0.3 is 0 Å². The minimum absolute atomic E-state index is 0.0736. The maximum atomic E-state index is 13.0. The Bertz CT molecular complexity index is 1200. The van der Waals surface area contributed by atoms with E-state index in [2.05, 4.69) is 26.1 Å². The summed E-state index contributed by atoms with van der Waals surface area (Å²) < 4.78 is 54.8. The summed E-state index contributed by atoms with van der Waals surface area (Å²) in [7, 11) is -4.23. The zero-order valence-corrected chi connectivity index (χ0v) is 17.6. The average molecular weight is 473 g/mol. The second kappa shape index (κ2) is 10.3. The zero-order chi connectivity index (χ0) is 23.8. The Kier molecular flexibility index (Phi) is 7.31. The fourth-order valence-corrected chi connectivity index (χ4v) is 3.36. The van der Waals surface area contributed by atoms with E-state index >= 15 is 0 Å². The lowest BCUT2D eigenvalue weighted by Gasteiger charge is -2.14. The maximum Gasteiger partial charge on any atom is 0.285 e. The van der Waals surface area contributed by atoms with E-state index in [-0.39, 0.29) is 16.0 Å². The van der Waals surface area contributed by atoms with Gasteiger partial charge in [0.05, 0.1) is 4.90 Å². The van der Waals surface area contributed by atoms with Crippen LogP contribution in [0.25, 0.3) is 0 Å². The molecule has 0 unspecified atom stereocenters. The van der Waals surface area contributed by atoms with Gasteiger partial charge in [-0.3, -0.25) is 31.3 Å². The van der Waals surface area contributed by atoms with E-state index in [1.54, 1.807) is 6.07 Å². The molecular formula is C21H17F2N5O4S. The van der Waals surface area contributed by atoms with E-state index in [1.165, 1.54) is 48.5 Å². The zero-order valence-electron chi connectivity index (χ0n) is 16.7. The van der Waals surface area contributed by atoms with Crippen LogP contribution in [0.5, 0.6) is 0 Å². The number of nitrogens with zero attached hydrogens (tertiary/aromatic N) is 1. The smallest absolute Gasteiger partial charge is 0.267 e. The van der Waals surface area contributed by atoms with Gasteiger partial charge in [0, 0.05) is 11.1 Å². The summed E-state index contributed by atoms with van der Waals surface area (Å²) in [5.74, 6) is -3.09. The number of rotatable bonds is 4. The number of halogens is 2. The molecule has 3 aromatic carbocycles. The number of amides is 2. The molecule has 0 saturated heterocycles. The molecule has 0 aromatic heterocycles. The maximum absolute atomic E-state index is 13.0. The van der Waals surface area contributed by atoms with Crippen LogP contribution in [0, 0.1) is 11.6 Å². The molecule has 3 aromatic rings. The van der Waals surface area contributed by atoms with Gasteiger partial charge in [-0.15, -0.1) is 4.40 Å². The predicted molar refractivity (Wildman–Crippen MR) is 115 cm³/mol. The molecule has 0 bridgehead atoms. The number of hydrogen-bond donors (Lipinski definition) is 4. The fraction of sp³-hybridized carbons (Fsp3) is 0. The molecule has 0 saturated carbocycles. The third kappa shape index (κ3) is 6.58. The van der Waals surface area contributed by atoms with Crippen LogP contribution >= 0.6 is 0 Å². The van der Waals surface area contributed by atoms with E-state index in [4.69, 9.17) is 0 Å². The molecule has 0 heterocycles. The standard InChI is InChI=1S/C21H17F2N5O4S/c22-16-10-6-14(7-11-16)19(29)24-26-21(28-33(31,32)18-4-2-1-3-5-18)27-25-20(30)15-8-12-17(23)13-9-15/h1-13H,(H,24,29)(H,25,30)(H2,26,27,28). The fourth-order valence-electron chi connectivity index (χ4n) is 2.42. The van der Waals surface area contributed by atoms with Crippen LogP contribution in [0.4, 0.5) is 8.78 Å². The first-order valence-corrected chi connectivity index (χ1v) is 10.7. The summed E-state index contributed by atoms with van der Waals surface area (Å²) in [6.07, 6.45) is 0. The number of hydrogen-bond acceptors (Lipinski definition) is 4. The molecule has 0 aliphatic rings. The largest absolute Gasteiger partial charge is 0.285 e. The number of sulfonamides is 1. The Labute approximate surface area is 187 Å². The van der Waals surface area contributed by atoms with Crippen LogP contribution in [0.2, 0.25) is 0 Å². The second-order valence-electron chi connectivity index (χ2n) is 6.40. The van der Waals surface area contributed by atoms with Gasteiger partial charge in [-0.05, 0) is 60.7 Å². The minimum atomic E-state index is -4.23. The van der Waals surface area contributed by atoms with Gasteiger partial charge in [-0.25, -0.2) is 8.78 Å². The van der Waals surface area contributed by atoms with Gasteiger partial charge in [0.15, 0.2) is 0 Å². The quantitative estimate of drug-likeness (QED) is 0.260. The Morgan fingerprint density at radius 3 is 1.48 bits per heavy atom. The molecule has 3 rings (SSSR count). The third-order valence-corrected chi connectivity index (χ3v) is 5.35. The van der Waals surface area contributed by atoms with Crippen LogP contribution in [-0.2, 0) is 10.0 Å². The lowest BCUT2D eigenvalue weighted by Crippen LogP contribution is -2.53. The lowest BCUT2D eigenvalue weighted by molar-refractivity contribution is 0.0943. The van der Waals surface area contributed by atoms with Crippen molar-refractivity contribution < 1.29 is 26.8 Å². The van der Waals surface area contributed by atoms with Gasteiger partial charge in [0.25, 0.3) is 21.8 Å². The molecule has 0 spiro atoms. The van der Waals surface area contributed by atoms with Crippen molar-refractivity contribution in [1.82, 2.24) is 21.7 Å². The highest BCUT2D eigenvalue weighted by molar-refractivity contribution is 7.90. The molecule has 0 atom stereocenters. The number of benzene rings is 3. The predicted octanol–water partition coefficient (Wildman–Crippen LogP) is 1.88. The molecule has 0 aliphatic heterocycles. The minimum Gasteiger partial charge on any atom is -0.267 e. The van der Waals surface area contributed by atoms with Crippen LogP contribution in [0.1, 0.15) is 20.7 Å². The van der Waals surface area contributed by atoms with Crippen molar-refractivity contribution in [2.24, 2.45) is 4.40 Å². The molecule has 0 radical (unpaired) electrons. The highest BCUT2D eigenvalue weighted by Gasteiger charge is 2.16. The molecule has 0 aliphatic carbocycles. The summed E-state index contributed by atoms with van der Waals surface area (Å²) in [6.45, 7) is 0. The monoisotopic (exact) mass is 473 g/mol. The van der Waals surface area contributed by atoms with Crippen molar-refractivity contribution in [2.75, 3.05) is 0 Å². The average Bonchev–Trinajstić information content (AvgIpc) is 2.82. The van der Waals surface area contributed by atoms with E-state index in [0.717, 1.165) is 24.3 Å². The Morgan fingerprint density at radius 1 is 0.636 bits per heavy atom. The summed E-state index contributed by atoms with van der Waals surface area (Å²) in [6, 6.07) is 16.4. The van der Waals surface area contributed by atoms with Crippen LogP contribution in [0.15, 0.2) is 88.2 Å². The van der Waals surface area contributed by atoms with Gasteiger partial charge in [-0.1, -0.05) is 18.2 Å². The summed E-state index contributed by atoms with van der Waals surface area (Å²) in [5, 5.41) is 0. The molecule has 0 fully saturated rings. The number of carbonyl (C=O) groups excluding carboxylic acids is 2. The molecule has 2 amide bonds. The van der Waals surface area contributed by atoms with Crippen molar-refractivity contribution >= 4 is 27.8 Å². The van der Waals surface area contributed by atoms with Crippen molar-refractivity contribution in [2.45, 2.75) is 4.90 Å². The molecule has 170 valence electrons.